The number of fused-ring (bicyclic) bond motifs is 1. The highest BCUT2D eigenvalue weighted by atomic mass is 16.1. The Bertz CT molecular complexity index is 515. The zero-order valence-corrected chi connectivity index (χ0v) is 7.98. The first-order chi connectivity index (χ1) is 6.59. The number of hydrogen-bond donors (Lipinski definition) is 1. The predicted octanol–water partition coefficient (Wildman–Crippen LogP) is 0.445. The van der Waals surface area contributed by atoms with Crippen LogP contribution in [-0.4, -0.2) is 20.5 Å². The van der Waals surface area contributed by atoms with Gasteiger partial charge in [0.05, 0.1) is 0 Å². The van der Waals surface area contributed by atoms with Crippen molar-refractivity contribution in [2.75, 3.05) is 0 Å². The maximum absolute atomic E-state index is 11.0. The van der Waals surface area contributed by atoms with Gasteiger partial charge in [0, 0.05) is 11.3 Å². The molecule has 0 aromatic carbocycles. The van der Waals surface area contributed by atoms with Gasteiger partial charge < -0.3 is 5.73 Å². The molecule has 0 bridgehead atoms. The molecule has 0 spiro atoms. The molecule has 1 amide bonds. The Morgan fingerprint density at radius 3 is 2.71 bits per heavy atom. The zero-order chi connectivity index (χ0) is 10.3. The molecule has 5 nitrogen and oxygen atoms in total. The van der Waals surface area contributed by atoms with Crippen molar-refractivity contribution in [1.82, 2.24) is 14.6 Å². The van der Waals surface area contributed by atoms with Crippen LogP contribution in [0.25, 0.3) is 5.65 Å². The van der Waals surface area contributed by atoms with E-state index in [-0.39, 0.29) is 0 Å². The molecule has 2 aromatic rings. The summed E-state index contributed by atoms with van der Waals surface area (Å²) in [4.78, 5) is 11.0. The molecule has 2 aromatic heterocycles. The maximum Gasteiger partial charge on any atom is 0.248 e. The number of aryl methyl sites for hydroxylation is 2. The number of carbonyl (C=O) groups excluding carboxylic acids is 1. The molecule has 5 heteroatoms. The number of pyridine rings is 1. The van der Waals surface area contributed by atoms with Crippen LogP contribution in [0.15, 0.2) is 12.1 Å². The van der Waals surface area contributed by atoms with Gasteiger partial charge in [-0.1, -0.05) is 0 Å². The quantitative estimate of drug-likeness (QED) is 0.709. The third-order valence-corrected chi connectivity index (χ3v) is 2.14. The third-order valence-electron chi connectivity index (χ3n) is 2.14. The van der Waals surface area contributed by atoms with Crippen molar-refractivity contribution in [1.29, 1.82) is 0 Å². The lowest BCUT2D eigenvalue weighted by Gasteiger charge is -2.02. The first-order valence-corrected chi connectivity index (χ1v) is 4.22. The van der Waals surface area contributed by atoms with Crippen LogP contribution < -0.4 is 5.73 Å². The molecule has 72 valence electrons. The van der Waals surface area contributed by atoms with Gasteiger partial charge in [-0.3, -0.25) is 9.20 Å². The summed E-state index contributed by atoms with van der Waals surface area (Å²) >= 11 is 0. The fourth-order valence-corrected chi connectivity index (χ4v) is 1.52. The molecule has 0 saturated heterocycles. The summed E-state index contributed by atoms with van der Waals surface area (Å²) in [6.45, 7) is 3.74. The Labute approximate surface area is 80.6 Å². The molecule has 2 heterocycles. The van der Waals surface area contributed by atoms with Gasteiger partial charge in [0.2, 0.25) is 5.91 Å². The van der Waals surface area contributed by atoms with Gasteiger partial charge >= 0.3 is 0 Å². The van der Waals surface area contributed by atoms with Gasteiger partial charge in [-0.05, 0) is 26.0 Å². The predicted molar refractivity (Wildman–Crippen MR) is 51.0 cm³/mol. The van der Waals surface area contributed by atoms with Gasteiger partial charge in [0.1, 0.15) is 5.82 Å². The van der Waals surface area contributed by atoms with Crippen molar-refractivity contribution in [2.24, 2.45) is 5.73 Å². The fourth-order valence-electron chi connectivity index (χ4n) is 1.52. The molecule has 0 fully saturated rings. The maximum atomic E-state index is 11.0. The summed E-state index contributed by atoms with van der Waals surface area (Å²) in [5.74, 6) is 0.352. The van der Waals surface area contributed by atoms with Crippen molar-refractivity contribution in [2.45, 2.75) is 13.8 Å². The molecule has 0 aliphatic rings. The van der Waals surface area contributed by atoms with Crippen molar-refractivity contribution < 1.29 is 4.79 Å². The van der Waals surface area contributed by atoms with Gasteiger partial charge in [-0.25, -0.2) is 0 Å². The minimum absolute atomic E-state index is 0.448. The summed E-state index contributed by atoms with van der Waals surface area (Å²) < 4.78 is 1.87. The van der Waals surface area contributed by atoms with Crippen LogP contribution in [0.2, 0.25) is 0 Å². The average molecular weight is 190 g/mol. The monoisotopic (exact) mass is 190 g/mol. The Balaban J connectivity index is 2.80. The first kappa shape index (κ1) is 8.68. The van der Waals surface area contributed by atoms with E-state index in [1.54, 1.807) is 12.1 Å². The van der Waals surface area contributed by atoms with Crippen molar-refractivity contribution >= 4 is 11.6 Å². The van der Waals surface area contributed by atoms with Crippen LogP contribution in [0.3, 0.4) is 0 Å². The number of rotatable bonds is 1. The lowest BCUT2D eigenvalue weighted by molar-refractivity contribution is 0.1000. The van der Waals surface area contributed by atoms with E-state index in [2.05, 4.69) is 10.2 Å². The van der Waals surface area contributed by atoms with Gasteiger partial charge in [0.25, 0.3) is 0 Å². The third kappa shape index (κ3) is 1.14. The van der Waals surface area contributed by atoms with Crippen LogP contribution in [0.4, 0.5) is 0 Å². The first-order valence-electron chi connectivity index (χ1n) is 4.22. The molecule has 0 atom stereocenters. The van der Waals surface area contributed by atoms with Crippen molar-refractivity contribution in [3.05, 3.63) is 29.2 Å². The summed E-state index contributed by atoms with van der Waals surface area (Å²) in [7, 11) is 0. The van der Waals surface area contributed by atoms with E-state index in [0.717, 1.165) is 11.5 Å². The largest absolute Gasteiger partial charge is 0.366 e. The number of primary amides is 1. The standard InChI is InChI=1S/C9H10N4O/c1-5-3-7(9(10)14)4-8-12-11-6(2)13(5)8/h3-4H,1-2H3,(H2,10,14). The highest BCUT2D eigenvalue weighted by Crippen LogP contribution is 2.10. The van der Waals surface area contributed by atoms with E-state index < -0.39 is 5.91 Å². The number of nitrogens with zero attached hydrogens (tertiary/aromatic N) is 3. The summed E-state index contributed by atoms with van der Waals surface area (Å²) in [6, 6.07) is 3.36. The minimum Gasteiger partial charge on any atom is -0.366 e. The fraction of sp³-hybridized carbons (Fsp3) is 0.222. The molecule has 0 radical (unpaired) electrons. The van der Waals surface area contributed by atoms with Crippen molar-refractivity contribution in [3.63, 3.8) is 0 Å². The van der Waals surface area contributed by atoms with Crippen LogP contribution in [0, 0.1) is 13.8 Å². The molecule has 2 N–H and O–H groups in total. The second-order valence-electron chi connectivity index (χ2n) is 3.19. The summed E-state index contributed by atoms with van der Waals surface area (Å²) in [6.07, 6.45) is 0. The van der Waals surface area contributed by atoms with E-state index in [9.17, 15) is 4.79 Å². The zero-order valence-electron chi connectivity index (χ0n) is 7.98. The number of nitrogens with two attached hydrogens (primary N) is 1. The Morgan fingerprint density at radius 1 is 1.36 bits per heavy atom. The van der Waals surface area contributed by atoms with Crippen LogP contribution in [0.5, 0.6) is 0 Å². The number of aromatic nitrogens is 3. The molecule has 14 heavy (non-hydrogen) atoms. The van der Waals surface area contributed by atoms with E-state index in [1.807, 2.05) is 18.2 Å². The highest BCUT2D eigenvalue weighted by Gasteiger charge is 2.08. The van der Waals surface area contributed by atoms with E-state index in [4.69, 9.17) is 5.73 Å². The van der Waals surface area contributed by atoms with Gasteiger partial charge in [-0.2, -0.15) is 0 Å². The lowest BCUT2D eigenvalue weighted by atomic mass is 10.2. The number of hydrogen-bond acceptors (Lipinski definition) is 3. The Hall–Kier alpha value is -1.91. The van der Waals surface area contributed by atoms with E-state index in [0.29, 0.717) is 11.2 Å². The Morgan fingerprint density at radius 2 is 2.07 bits per heavy atom. The van der Waals surface area contributed by atoms with Gasteiger partial charge in [-0.15, -0.1) is 10.2 Å². The van der Waals surface area contributed by atoms with Crippen LogP contribution in [-0.2, 0) is 0 Å². The summed E-state index contributed by atoms with van der Waals surface area (Å²) in [5, 5.41) is 7.85. The van der Waals surface area contributed by atoms with E-state index in [1.165, 1.54) is 0 Å². The highest BCUT2D eigenvalue weighted by molar-refractivity contribution is 5.93. The molecule has 0 unspecified atom stereocenters. The van der Waals surface area contributed by atoms with Crippen LogP contribution in [0.1, 0.15) is 21.9 Å². The molecule has 0 aliphatic heterocycles. The van der Waals surface area contributed by atoms with Crippen LogP contribution >= 0.6 is 0 Å². The van der Waals surface area contributed by atoms with Crippen molar-refractivity contribution in [3.8, 4) is 0 Å². The lowest BCUT2D eigenvalue weighted by Crippen LogP contribution is -2.12. The summed E-state index contributed by atoms with van der Waals surface area (Å²) in [5.41, 5.74) is 7.20. The normalized spacial score (nSPS) is 10.7. The molecule has 0 aliphatic carbocycles. The molecular weight excluding hydrogens is 180 g/mol. The molecule has 2 rings (SSSR count). The topological polar surface area (TPSA) is 73.3 Å². The number of carbonyl (C=O) groups is 1. The van der Waals surface area contributed by atoms with E-state index >= 15 is 0 Å². The minimum atomic E-state index is -0.448. The Kier molecular flexibility index (Phi) is 1.73. The molecular formula is C9H10N4O. The molecule has 0 saturated carbocycles. The second-order valence-corrected chi connectivity index (χ2v) is 3.19. The van der Waals surface area contributed by atoms with Gasteiger partial charge in [0.15, 0.2) is 5.65 Å². The smallest absolute Gasteiger partial charge is 0.248 e. The SMILES string of the molecule is Cc1cc(C(N)=O)cc2nnc(C)n12. The average Bonchev–Trinajstić information content (AvgIpc) is 2.48. The second kappa shape index (κ2) is 2.80. The number of amides is 1.